The highest BCUT2D eigenvalue weighted by atomic mass is 28.3. The molecule has 0 amide bonds. The summed E-state index contributed by atoms with van der Waals surface area (Å²) in [5.74, 6) is -0.344. The van der Waals surface area contributed by atoms with Crippen LogP contribution in [0.3, 0.4) is 0 Å². The fraction of sp³-hybridized carbons (Fsp3) is 0.304. The van der Waals surface area contributed by atoms with Gasteiger partial charge in [-0.15, -0.1) is 0 Å². The number of benzene rings is 2. The van der Waals surface area contributed by atoms with E-state index in [-0.39, 0.29) is 5.97 Å². The maximum Gasteiger partial charge on any atom is 0.342 e. The Bertz CT molecular complexity index is 853. The minimum atomic E-state index is -1.76. The molecule has 0 fully saturated rings. The molecule has 0 spiro atoms. The number of nitrogens with zero attached hydrogens (tertiary/aromatic N) is 2. The molecule has 0 aliphatic rings. The Morgan fingerprint density at radius 2 is 1.54 bits per heavy atom. The predicted octanol–water partition coefficient (Wildman–Crippen LogP) is 5.52. The summed E-state index contributed by atoms with van der Waals surface area (Å²) in [4.78, 5) is 17.8. The van der Waals surface area contributed by atoms with E-state index in [0.29, 0.717) is 17.9 Å². The first-order valence-corrected chi connectivity index (χ1v) is 13.0. The fourth-order valence-corrected chi connectivity index (χ4v) is 3.72. The van der Waals surface area contributed by atoms with Gasteiger partial charge in [0.05, 0.1) is 23.7 Å². The largest absolute Gasteiger partial charge is 0.462 e. The number of hydrogen-bond donors (Lipinski definition) is 0. The topological polar surface area (TPSA) is 41.9 Å². The number of aliphatic imine (C=N–C) groups is 1. The first kappa shape index (κ1) is 21.6. The standard InChI is InChI=1S/C23H30N2O2Si/c1-7-27-23(26)21(18(2)24-20-16-12-9-13-17-20)22(25(3)28(4,5)6)19-14-10-8-11-15-19/h8-17H,7H2,1-6H3/b22-21+,24-18?. The van der Waals surface area contributed by atoms with Crippen LogP contribution in [0, 0.1) is 0 Å². The molecule has 4 nitrogen and oxygen atoms in total. The molecule has 5 heteroatoms. The molecule has 0 saturated carbocycles. The van der Waals surface area contributed by atoms with Gasteiger partial charge in [0.25, 0.3) is 0 Å². The average molecular weight is 395 g/mol. The first-order chi connectivity index (χ1) is 13.3. The molecular weight excluding hydrogens is 364 g/mol. The maximum atomic E-state index is 13.0. The lowest BCUT2D eigenvalue weighted by atomic mass is 10.0. The third-order valence-electron chi connectivity index (χ3n) is 4.52. The second kappa shape index (κ2) is 9.51. The lowest BCUT2D eigenvalue weighted by molar-refractivity contribution is -0.137. The van der Waals surface area contributed by atoms with Crippen LogP contribution in [0.5, 0.6) is 0 Å². The molecule has 0 N–H and O–H groups in total. The average Bonchev–Trinajstić information content (AvgIpc) is 2.66. The van der Waals surface area contributed by atoms with Gasteiger partial charge in [0.15, 0.2) is 0 Å². The highest BCUT2D eigenvalue weighted by molar-refractivity contribution is 6.74. The van der Waals surface area contributed by atoms with E-state index in [1.54, 1.807) is 0 Å². The lowest BCUT2D eigenvalue weighted by Gasteiger charge is -2.36. The Balaban J connectivity index is 2.77. The van der Waals surface area contributed by atoms with Crippen LogP contribution in [-0.2, 0) is 9.53 Å². The number of ether oxygens (including phenoxy) is 1. The summed E-state index contributed by atoms with van der Waals surface area (Å²) in [5, 5.41) is 0. The van der Waals surface area contributed by atoms with Crippen molar-refractivity contribution in [2.24, 2.45) is 4.99 Å². The van der Waals surface area contributed by atoms with Crippen LogP contribution in [-0.4, -0.2) is 38.1 Å². The molecule has 0 bridgehead atoms. The van der Waals surface area contributed by atoms with Crippen molar-refractivity contribution in [3.05, 3.63) is 71.8 Å². The van der Waals surface area contributed by atoms with Crippen LogP contribution in [0.2, 0.25) is 19.6 Å². The van der Waals surface area contributed by atoms with Crippen LogP contribution < -0.4 is 0 Å². The predicted molar refractivity (Wildman–Crippen MR) is 120 cm³/mol. The van der Waals surface area contributed by atoms with Crippen molar-refractivity contribution >= 4 is 31.3 Å². The lowest BCUT2D eigenvalue weighted by Crippen LogP contribution is -2.43. The van der Waals surface area contributed by atoms with Crippen molar-refractivity contribution in [2.45, 2.75) is 33.5 Å². The molecule has 0 radical (unpaired) electrons. The van der Waals surface area contributed by atoms with Crippen LogP contribution in [0.25, 0.3) is 5.70 Å². The number of carbonyl (C=O) groups is 1. The smallest absolute Gasteiger partial charge is 0.342 e. The van der Waals surface area contributed by atoms with Gasteiger partial charge in [-0.05, 0) is 38.6 Å². The number of esters is 1. The quantitative estimate of drug-likeness (QED) is 0.269. The number of hydrogen-bond acceptors (Lipinski definition) is 4. The van der Waals surface area contributed by atoms with Crippen molar-refractivity contribution in [3.8, 4) is 0 Å². The highest BCUT2D eigenvalue weighted by Crippen LogP contribution is 2.29. The normalized spacial score (nSPS) is 13.0. The van der Waals surface area contributed by atoms with Gasteiger partial charge in [-0.2, -0.15) is 0 Å². The minimum absolute atomic E-state index is 0.319. The summed E-state index contributed by atoms with van der Waals surface area (Å²) < 4.78 is 7.69. The van der Waals surface area contributed by atoms with Crippen LogP contribution in [0.15, 0.2) is 71.2 Å². The Kier molecular flexibility index (Phi) is 7.35. The van der Waals surface area contributed by atoms with E-state index >= 15 is 0 Å². The summed E-state index contributed by atoms with van der Waals surface area (Å²) >= 11 is 0. The van der Waals surface area contributed by atoms with Crippen molar-refractivity contribution in [1.29, 1.82) is 0 Å². The van der Waals surface area contributed by atoms with Crippen LogP contribution in [0.1, 0.15) is 19.4 Å². The zero-order chi connectivity index (χ0) is 20.7. The fourth-order valence-electron chi connectivity index (χ4n) is 2.81. The monoisotopic (exact) mass is 394 g/mol. The van der Waals surface area contributed by atoms with Crippen LogP contribution >= 0.6 is 0 Å². The van der Waals surface area contributed by atoms with Crippen molar-refractivity contribution in [3.63, 3.8) is 0 Å². The summed E-state index contributed by atoms with van der Waals surface area (Å²) in [7, 11) is 0.296. The first-order valence-electron chi connectivity index (χ1n) is 9.57. The molecule has 2 aromatic rings. The molecule has 2 aromatic carbocycles. The molecule has 0 heterocycles. The summed E-state index contributed by atoms with van der Waals surface area (Å²) in [6.45, 7) is 10.8. The molecule has 0 atom stereocenters. The van der Waals surface area contributed by atoms with Gasteiger partial charge in [0.2, 0.25) is 0 Å². The molecule has 28 heavy (non-hydrogen) atoms. The van der Waals surface area contributed by atoms with Crippen molar-refractivity contribution in [2.75, 3.05) is 13.7 Å². The van der Waals surface area contributed by atoms with Crippen molar-refractivity contribution in [1.82, 2.24) is 4.57 Å². The summed E-state index contributed by atoms with van der Waals surface area (Å²) in [6.07, 6.45) is 0. The third-order valence-corrected chi connectivity index (χ3v) is 6.76. The molecular formula is C23H30N2O2Si. The molecule has 0 unspecified atom stereocenters. The van der Waals surface area contributed by atoms with E-state index in [4.69, 9.17) is 9.73 Å². The van der Waals surface area contributed by atoms with Gasteiger partial charge in [0.1, 0.15) is 13.8 Å². The molecule has 2 rings (SSSR count). The van der Waals surface area contributed by atoms with Crippen LogP contribution in [0.4, 0.5) is 5.69 Å². The second-order valence-corrected chi connectivity index (χ2v) is 12.6. The molecule has 0 aliphatic carbocycles. The van der Waals surface area contributed by atoms with Gasteiger partial charge >= 0.3 is 5.97 Å². The van der Waals surface area contributed by atoms with E-state index in [1.807, 2.05) is 74.5 Å². The van der Waals surface area contributed by atoms with Gasteiger partial charge < -0.3 is 9.30 Å². The van der Waals surface area contributed by atoms with Gasteiger partial charge in [-0.25, -0.2) is 4.79 Å². The molecule has 0 aliphatic heterocycles. The SMILES string of the molecule is CCOC(=O)/C(C(C)=Nc1ccccc1)=C(\c1ccccc1)N(C)[Si](C)(C)C. The van der Waals surface area contributed by atoms with Gasteiger partial charge in [-0.3, -0.25) is 4.99 Å². The van der Waals surface area contributed by atoms with E-state index in [9.17, 15) is 4.79 Å². The zero-order valence-corrected chi connectivity index (χ0v) is 18.7. The molecule has 0 saturated heterocycles. The highest BCUT2D eigenvalue weighted by Gasteiger charge is 2.30. The Labute approximate surface area is 169 Å². The maximum absolute atomic E-state index is 13.0. The number of carbonyl (C=O) groups excluding carboxylic acids is 1. The van der Waals surface area contributed by atoms with Gasteiger partial charge in [0, 0.05) is 0 Å². The number of rotatable bonds is 7. The minimum Gasteiger partial charge on any atom is -0.462 e. The second-order valence-electron chi connectivity index (χ2n) is 7.57. The van der Waals surface area contributed by atoms with E-state index in [2.05, 4.69) is 31.3 Å². The third kappa shape index (κ3) is 5.42. The Hall–Kier alpha value is -2.66. The Morgan fingerprint density at radius 3 is 2.04 bits per heavy atom. The molecule has 0 aromatic heterocycles. The van der Waals surface area contributed by atoms with E-state index in [1.165, 1.54) is 0 Å². The van der Waals surface area contributed by atoms with E-state index in [0.717, 1.165) is 16.9 Å². The summed E-state index contributed by atoms with van der Waals surface area (Å²) in [6, 6.07) is 19.7. The molecule has 148 valence electrons. The van der Waals surface area contributed by atoms with Crippen molar-refractivity contribution < 1.29 is 9.53 Å². The van der Waals surface area contributed by atoms with E-state index < -0.39 is 8.24 Å². The number of para-hydroxylation sites is 1. The zero-order valence-electron chi connectivity index (χ0n) is 17.7. The Morgan fingerprint density at radius 1 is 1.00 bits per heavy atom. The van der Waals surface area contributed by atoms with Gasteiger partial charge in [-0.1, -0.05) is 68.2 Å². The summed E-state index contributed by atoms with van der Waals surface area (Å²) in [5.41, 5.74) is 3.83.